The first kappa shape index (κ1) is 14.9. The van der Waals surface area contributed by atoms with Crippen molar-refractivity contribution in [3.8, 4) is 5.75 Å². The Kier molecular flexibility index (Phi) is 5.06. The van der Waals surface area contributed by atoms with E-state index in [1.54, 1.807) is 6.07 Å². The molecule has 3 N–H and O–H groups in total. The summed E-state index contributed by atoms with van der Waals surface area (Å²) in [5.74, 6) is 0.541. The summed E-state index contributed by atoms with van der Waals surface area (Å²) in [6.07, 6.45) is 2.49. The number of ether oxygens (including phenoxy) is 2. The van der Waals surface area contributed by atoms with Crippen molar-refractivity contribution in [2.45, 2.75) is 32.8 Å². The van der Waals surface area contributed by atoms with Crippen LogP contribution in [0.3, 0.4) is 0 Å². The van der Waals surface area contributed by atoms with Crippen molar-refractivity contribution in [3.63, 3.8) is 0 Å². The Labute approximate surface area is 119 Å². The molecular formula is C15H23FN2O2. The third-order valence-corrected chi connectivity index (χ3v) is 3.08. The summed E-state index contributed by atoms with van der Waals surface area (Å²) >= 11 is 0. The maximum atomic E-state index is 13.7. The molecule has 0 aliphatic heterocycles. The molecule has 0 radical (unpaired) electrons. The Bertz CT molecular complexity index is 448. The maximum Gasteiger partial charge on any atom is 0.167 e. The number of halogens is 1. The Balaban J connectivity index is 1.85. The van der Waals surface area contributed by atoms with E-state index in [1.807, 2.05) is 13.8 Å². The van der Waals surface area contributed by atoms with Crippen LogP contribution in [0, 0.1) is 11.7 Å². The SMILES string of the molecule is CC(C)Oc1cc(NCCOCC2CC2)c(N)cc1F. The molecule has 1 aliphatic carbocycles. The second-order valence-electron chi connectivity index (χ2n) is 5.48. The van der Waals surface area contributed by atoms with Crippen LogP contribution in [0.1, 0.15) is 26.7 Å². The summed E-state index contributed by atoms with van der Waals surface area (Å²) in [5.41, 5.74) is 6.85. The van der Waals surface area contributed by atoms with E-state index in [0.717, 1.165) is 12.5 Å². The van der Waals surface area contributed by atoms with E-state index in [4.69, 9.17) is 15.2 Å². The highest BCUT2D eigenvalue weighted by Crippen LogP contribution is 2.29. The summed E-state index contributed by atoms with van der Waals surface area (Å²) < 4.78 is 24.6. The maximum absolute atomic E-state index is 13.7. The second kappa shape index (κ2) is 6.79. The lowest BCUT2D eigenvalue weighted by Gasteiger charge is -2.15. The van der Waals surface area contributed by atoms with E-state index in [1.165, 1.54) is 18.9 Å². The topological polar surface area (TPSA) is 56.5 Å². The largest absolute Gasteiger partial charge is 0.488 e. The van der Waals surface area contributed by atoms with E-state index in [9.17, 15) is 4.39 Å². The molecule has 0 aromatic heterocycles. The van der Waals surface area contributed by atoms with Gasteiger partial charge in [-0.1, -0.05) is 0 Å². The summed E-state index contributed by atoms with van der Waals surface area (Å²) in [7, 11) is 0. The van der Waals surface area contributed by atoms with Crippen LogP contribution >= 0.6 is 0 Å². The van der Waals surface area contributed by atoms with Crippen LogP contribution in [-0.2, 0) is 4.74 Å². The first-order valence-corrected chi connectivity index (χ1v) is 7.13. The number of nitrogens with one attached hydrogen (secondary N) is 1. The molecule has 5 heteroatoms. The summed E-state index contributed by atoms with van der Waals surface area (Å²) in [5, 5.41) is 3.15. The van der Waals surface area contributed by atoms with Crippen LogP contribution in [-0.4, -0.2) is 25.9 Å². The fraction of sp³-hybridized carbons (Fsp3) is 0.600. The van der Waals surface area contributed by atoms with Gasteiger partial charge in [0, 0.05) is 25.3 Å². The van der Waals surface area contributed by atoms with Gasteiger partial charge in [-0.15, -0.1) is 0 Å². The average Bonchev–Trinajstić information content (AvgIpc) is 3.17. The van der Waals surface area contributed by atoms with E-state index in [2.05, 4.69) is 5.32 Å². The van der Waals surface area contributed by atoms with Crippen molar-refractivity contribution < 1.29 is 13.9 Å². The molecule has 112 valence electrons. The lowest BCUT2D eigenvalue weighted by Crippen LogP contribution is -2.13. The third kappa shape index (κ3) is 4.56. The lowest BCUT2D eigenvalue weighted by molar-refractivity contribution is 0.134. The van der Waals surface area contributed by atoms with Crippen LogP contribution in [0.15, 0.2) is 12.1 Å². The fourth-order valence-electron chi connectivity index (χ4n) is 1.86. The van der Waals surface area contributed by atoms with Gasteiger partial charge in [-0.25, -0.2) is 4.39 Å². The molecule has 0 bridgehead atoms. The molecular weight excluding hydrogens is 259 g/mol. The van der Waals surface area contributed by atoms with Crippen molar-refractivity contribution in [2.75, 3.05) is 30.8 Å². The van der Waals surface area contributed by atoms with Gasteiger partial charge in [0.25, 0.3) is 0 Å². The van der Waals surface area contributed by atoms with Gasteiger partial charge < -0.3 is 20.5 Å². The normalized spacial score (nSPS) is 14.6. The van der Waals surface area contributed by atoms with Gasteiger partial charge in [0.1, 0.15) is 0 Å². The molecule has 0 heterocycles. The van der Waals surface area contributed by atoms with Crippen molar-refractivity contribution in [1.82, 2.24) is 0 Å². The standard InChI is InChI=1S/C15H23FN2O2/c1-10(2)20-15-8-14(13(17)7-12(15)16)18-5-6-19-9-11-3-4-11/h7-8,10-11,18H,3-6,9,17H2,1-2H3. The van der Waals surface area contributed by atoms with E-state index < -0.39 is 5.82 Å². The zero-order valence-electron chi connectivity index (χ0n) is 12.1. The predicted molar refractivity (Wildman–Crippen MR) is 78.6 cm³/mol. The van der Waals surface area contributed by atoms with Crippen LogP contribution < -0.4 is 15.8 Å². The Morgan fingerprint density at radius 3 is 2.80 bits per heavy atom. The molecule has 0 atom stereocenters. The first-order chi connectivity index (χ1) is 9.56. The summed E-state index contributed by atoms with van der Waals surface area (Å²) in [4.78, 5) is 0. The van der Waals surface area contributed by atoms with Gasteiger partial charge >= 0.3 is 0 Å². The number of benzene rings is 1. The fourth-order valence-corrected chi connectivity index (χ4v) is 1.86. The molecule has 2 rings (SSSR count). The Hall–Kier alpha value is -1.49. The van der Waals surface area contributed by atoms with Crippen molar-refractivity contribution >= 4 is 11.4 Å². The van der Waals surface area contributed by atoms with Crippen LogP contribution in [0.5, 0.6) is 5.75 Å². The molecule has 1 aliphatic rings. The second-order valence-corrected chi connectivity index (χ2v) is 5.48. The number of hydrogen-bond acceptors (Lipinski definition) is 4. The molecule has 20 heavy (non-hydrogen) atoms. The van der Waals surface area contributed by atoms with Gasteiger partial charge in [-0.3, -0.25) is 0 Å². The number of nitrogen functional groups attached to an aromatic ring is 1. The van der Waals surface area contributed by atoms with Gasteiger partial charge in [-0.05, 0) is 32.6 Å². The zero-order chi connectivity index (χ0) is 14.5. The summed E-state index contributed by atoms with van der Waals surface area (Å²) in [6, 6.07) is 2.89. The summed E-state index contributed by atoms with van der Waals surface area (Å²) in [6.45, 7) is 5.81. The highest BCUT2D eigenvalue weighted by Gasteiger charge is 2.20. The smallest absolute Gasteiger partial charge is 0.167 e. The van der Waals surface area contributed by atoms with Gasteiger partial charge in [-0.2, -0.15) is 0 Å². The minimum absolute atomic E-state index is 0.0807. The van der Waals surface area contributed by atoms with Gasteiger partial charge in [0.15, 0.2) is 11.6 Å². The minimum Gasteiger partial charge on any atom is -0.488 e. The van der Waals surface area contributed by atoms with Crippen LogP contribution in [0.2, 0.25) is 0 Å². The Morgan fingerprint density at radius 1 is 1.40 bits per heavy atom. The zero-order valence-corrected chi connectivity index (χ0v) is 12.1. The highest BCUT2D eigenvalue weighted by atomic mass is 19.1. The number of rotatable bonds is 8. The Morgan fingerprint density at radius 2 is 2.15 bits per heavy atom. The molecule has 0 spiro atoms. The number of anilines is 2. The number of hydrogen-bond donors (Lipinski definition) is 2. The third-order valence-electron chi connectivity index (χ3n) is 3.08. The van der Waals surface area contributed by atoms with E-state index in [-0.39, 0.29) is 11.9 Å². The van der Waals surface area contributed by atoms with Crippen molar-refractivity contribution in [1.29, 1.82) is 0 Å². The lowest BCUT2D eigenvalue weighted by atomic mass is 10.2. The highest BCUT2D eigenvalue weighted by molar-refractivity contribution is 5.68. The van der Waals surface area contributed by atoms with Crippen LogP contribution in [0.4, 0.5) is 15.8 Å². The van der Waals surface area contributed by atoms with Crippen LogP contribution in [0.25, 0.3) is 0 Å². The van der Waals surface area contributed by atoms with E-state index >= 15 is 0 Å². The first-order valence-electron chi connectivity index (χ1n) is 7.13. The molecule has 4 nitrogen and oxygen atoms in total. The van der Waals surface area contributed by atoms with Gasteiger partial charge in [0.2, 0.25) is 0 Å². The molecule has 0 saturated heterocycles. The quantitative estimate of drug-likeness (QED) is 0.568. The minimum atomic E-state index is -0.438. The number of nitrogens with two attached hydrogens (primary N) is 1. The molecule has 0 unspecified atom stereocenters. The molecule has 1 fully saturated rings. The van der Waals surface area contributed by atoms with Crippen molar-refractivity contribution in [2.24, 2.45) is 5.92 Å². The van der Waals surface area contributed by atoms with Crippen molar-refractivity contribution in [3.05, 3.63) is 17.9 Å². The molecule has 0 amide bonds. The molecule has 1 aromatic carbocycles. The average molecular weight is 282 g/mol. The predicted octanol–water partition coefficient (Wildman–Crippen LogP) is 3.03. The van der Waals surface area contributed by atoms with Gasteiger partial charge in [0.05, 0.1) is 24.1 Å². The molecule has 1 aromatic rings. The monoisotopic (exact) mass is 282 g/mol. The molecule has 1 saturated carbocycles. The van der Waals surface area contributed by atoms with E-state index in [0.29, 0.717) is 24.5 Å².